The molecule has 1 saturated heterocycles. The standard InChI is InChI=1S/C19H22N2O2S/c1-13(19(23)21-10-8-15(9-11-21)18(20)22)24-17-7-6-14-4-2-3-5-16(14)12-17/h2-7,12-13,15H,8-11H2,1H3,(H2,20,22). The summed E-state index contributed by atoms with van der Waals surface area (Å²) in [5, 5.41) is 2.25. The summed E-state index contributed by atoms with van der Waals surface area (Å²) in [5.41, 5.74) is 5.35. The Morgan fingerprint density at radius 1 is 1.12 bits per heavy atom. The zero-order valence-electron chi connectivity index (χ0n) is 13.8. The maximum Gasteiger partial charge on any atom is 0.235 e. The maximum atomic E-state index is 12.6. The van der Waals surface area contributed by atoms with Gasteiger partial charge in [0.05, 0.1) is 5.25 Å². The van der Waals surface area contributed by atoms with E-state index in [1.165, 1.54) is 10.8 Å². The SMILES string of the molecule is CC(Sc1ccc2ccccc2c1)C(=O)N1CCC(C(N)=O)CC1. The molecular weight excluding hydrogens is 320 g/mol. The van der Waals surface area contributed by atoms with Crippen LogP contribution in [0.2, 0.25) is 0 Å². The van der Waals surface area contributed by atoms with E-state index in [-0.39, 0.29) is 23.0 Å². The average Bonchev–Trinajstić information content (AvgIpc) is 2.61. The molecule has 2 amide bonds. The van der Waals surface area contributed by atoms with E-state index in [2.05, 4.69) is 30.3 Å². The number of piperidine rings is 1. The lowest BCUT2D eigenvalue weighted by Crippen LogP contribution is -2.44. The van der Waals surface area contributed by atoms with Gasteiger partial charge < -0.3 is 10.6 Å². The summed E-state index contributed by atoms with van der Waals surface area (Å²) in [4.78, 5) is 26.8. The quantitative estimate of drug-likeness (QED) is 0.869. The number of carbonyl (C=O) groups excluding carboxylic acids is 2. The molecule has 1 fully saturated rings. The molecule has 0 spiro atoms. The highest BCUT2D eigenvalue weighted by atomic mass is 32.2. The van der Waals surface area contributed by atoms with E-state index in [1.54, 1.807) is 11.8 Å². The number of benzene rings is 2. The van der Waals surface area contributed by atoms with Crippen molar-refractivity contribution in [3.8, 4) is 0 Å². The van der Waals surface area contributed by atoms with Gasteiger partial charge in [-0.05, 0) is 42.7 Å². The third-order valence-corrected chi connectivity index (χ3v) is 5.67. The van der Waals surface area contributed by atoms with Crippen LogP contribution in [0.5, 0.6) is 0 Å². The maximum absolute atomic E-state index is 12.6. The molecule has 3 rings (SSSR count). The molecule has 1 heterocycles. The first-order valence-electron chi connectivity index (χ1n) is 8.28. The summed E-state index contributed by atoms with van der Waals surface area (Å²) >= 11 is 1.58. The molecule has 1 aliphatic rings. The molecule has 0 bridgehead atoms. The Bertz CT molecular complexity index is 754. The zero-order chi connectivity index (χ0) is 17.1. The first kappa shape index (κ1) is 16.8. The molecule has 0 aromatic heterocycles. The fourth-order valence-electron chi connectivity index (χ4n) is 3.14. The molecule has 0 aliphatic carbocycles. The van der Waals surface area contributed by atoms with Crippen molar-refractivity contribution in [1.29, 1.82) is 0 Å². The minimum absolute atomic E-state index is 0.0857. The normalized spacial score (nSPS) is 17.0. The summed E-state index contributed by atoms with van der Waals surface area (Å²) in [6.45, 7) is 3.19. The molecule has 2 N–H and O–H groups in total. The summed E-state index contributed by atoms with van der Waals surface area (Å²) < 4.78 is 0. The van der Waals surface area contributed by atoms with E-state index < -0.39 is 0 Å². The number of nitrogens with zero attached hydrogens (tertiary/aromatic N) is 1. The van der Waals surface area contributed by atoms with Gasteiger partial charge in [-0.15, -0.1) is 11.8 Å². The fourth-order valence-corrected chi connectivity index (χ4v) is 4.14. The van der Waals surface area contributed by atoms with E-state index >= 15 is 0 Å². The molecule has 0 radical (unpaired) electrons. The number of carbonyl (C=O) groups is 2. The molecule has 5 heteroatoms. The van der Waals surface area contributed by atoms with E-state index in [9.17, 15) is 9.59 Å². The molecule has 2 aromatic carbocycles. The number of likely N-dealkylation sites (tertiary alicyclic amines) is 1. The fraction of sp³-hybridized carbons (Fsp3) is 0.368. The van der Waals surface area contributed by atoms with Crippen LogP contribution in [0.4, 0.5) is 0 Å². The van der Waals surface area contributed by atoms with Crippen LogP contribution in [-0.4, -0.2) is 35.1 Å². The minimum Gasteiger partial charge on any atom is -0.369 e. The number of rotatable bonds is 4. The Kier molecular flexibility index (Phi) is 5.09. The van der Waals surface area contributed by atoms with Gasteiger partial charge >= 0.3 is 0 Å². The predicted octanol–water partition coefficient (Wildman–Crippen LogP) is 3.04. The number of nitrogens with two attached hydrogens (primary N) is 1. The van der Waals surface area contributed by atoms with Crippen LogP contribution < -0.4 is 5.73 Å². The van der Waals surface area contributed by atoms with Crippen LogP contribution in [0, 0.1) is 5.92 Å². The largest absolute Gasteiger partial charge is 0.369 e. The minimum atomic E-state index is -0.249. The Labute approximate surface area is 146 Å². The van der Waals surface area contributed by atoms with E-state index in [4.69, 9.17) is 5.73 Å². The van der Waals surface area contributed by atoms with Crippen molar-refractivity contribution in [3.05, 3.63) is 42.5 Å². The van der Waals surface area contributed by atoms with Gasteiger partial charge in [-0.2, -0.15) is 0 Å². The summed E-state index contributed by atoms with van der Waals surface area (Å²) in [5.74, 6) is -0.200. The number of fused-ring (bicyclic) bond motifs is 1. The van der Waals surface area contributed by atoms with Crippen LogP contribution in [0.3, 0.4) is 0 Å². The third-order valence-electron chi connectivity index (χ3n) is 4.59. The number of amides is 2. The smallest absolute Gasteiger partial charge is 0.235 e. The summed E-state index contributed by atoms with van der Waals surface area (Å²) in [6.07, 6.45) is 1.35. The lowest BCUT2D eigenvalue weighted by molar-refractivity contribution is -0.134. The number of thioether (sulfide) groups is 1. The Morgan fingerprint density at radius 3 is 2.46 bits per heavy atom. The van der Waals surface area contributed by atoms with Gasteiger partial charge in [0.25, 0.3) is 0 Å². The van der Waals surface area contributed by atoms with Gasteiger partial charge in [0.2, 0.25) is 11.8 Å². The van der Waals surface area contributed by atoms with Gasteiger partial charge in [0.15, 0.2) is 0 Å². The molecule has 2 aromatic rings. The molecule has 1 unspecified atom stereocenters. The molecule has 126 valence electrons. The molecule has 0 saturated carbocycles. The molecular formula is C19H22N2O2S. The van der Waals surface area contributed by atoms with Crippen LogP contribution in [0.25, 0.3) is 10.8 Å². The Balaban J connectivity index is 1.62. The topological polar surface area (TPSA) is 63.4 Å². The van der Waals surface area contributed by atoms with Crippen LogP contribution >= 0.6 is 11.8 Å². The van der Waals surface area contributed by atoms with Crippen LogP contribution in [0.15, 0.2) is 47.4 Å². The van der Waals surface area contributed by atoms with Crippen molar-refractivity contribution >= 4 is 34.3 Å². The van der Waals surface area contributed by atoms with Crippen molar-refractivity contribution in [1.82, 2.24) is 4.90 Å². The number of hydrogen-bond donors (Lipinski definition) is 1. The third kappa shape index (κ3) is 3.73. The molecule has 4 nitrogen and oxygen atoms in total. The van der Waals surface area contributed by atoms with E-state index in [0.717, 1.165) is 4.90 Å². The highest BCUT2D eigenvalue weighted by Crippen LogP contribution is 2.29. The zero-order valence-corrected chi connectivity index (χ0v) is 14.6. The van der Waals surface area contributed by atoms with Crippen LogP contribution in [-0.2, 0) is 9.59 Å². The van der Waals surface area contributed by atoms with Crippen molar-refractivity contribution in [2.24, 2.45) is 11.7 Å². The molecule has 24 heavy (non-hydrogen) atoms. The highest BCUT2D eigenvalue weighted by molar-refractivity contribution is 8.00. The van der Waals surface area contributed by atoms with Crippen molar-refractivity contribution in [2.45, 2.75) is 29.9 Å². The van der Waals surface area contributed by atoms with Gasteiger partial charge in [-0.1, -0.05) is 30.3 Å². The van der Waals surface area contributed by atoms with Gasteiger partial charge in [-0.3, -0.25) is 9.59 Å². The lowest BCUT2D eigenvalue weighted by Gasteiger charge is -2.32. The summed E-state index contributed by atoms with van der Waals surface area (Å²) in [7, 11) is 0. The van der Waals surface area contributed by atoms with E-state index in [0.29, 0.717) is 25.9 Å². The van der Waals surface area contributed by atoms with Crippen LogP contribution in [0.1, 0.15) is 19.8 Å². The molecule has 1 atom stereocenters. The average molecular weight is 342 g/mol. The second kappa shape index (κ2) is 7.26. The highest BCUT2D eigenvalue weighted by Gasteiger charge is 2.28. The Morgan fingerprint density at radius 2 is 1.79 bits per heavy atom. The number of primary amides is 1. The lowest BCUT2D eigenvalue weighted by atomic mass is 9.96. The van der Waals surface area contributed by atoms with Crippen molar-refractivity contribution < 1.29 is 9.59 Å². The van der Waals surface area contributed by atoms with Crippen molar-refractivity contribution in [2.75, 3.05) is 13.1 Å². The first-order valence-corrected chi connectivity index (χ1v) is 9.16. The first-order chi connectivity index (χ1) is 11.5. The van der Waals surface area contributed by atoms with Gasteiger partial charge in [-0.25, -0.2) is 0 Å². The number of hydrogen-bond acceptors (Lipinski definition) is 3. The van der Waals surface area contributed by atoms with Crippen molar-refractivity contribution in [3.63, 3.8) is 0 Å². The van der Waals surface area contributed by atoms with E-state index in [1.807, 2.05) is 24.0 Å². The predicted molar refractivity (Wildman–Crippen MR) is 97.8 cm³/mol. The summed E-state index contributed by atoms with van der Waals surface area (Å²) in [6, 6.07) is 14.5. The Hall–Kier alpha value is -2.01. The second-order valence-corrected chi connectivity index (χ2v) is 7.69. The second-order valence-electron chi connectivity index (χ2n) is 6.27. The van der Waals surface area contributed by atoms with Gasteiger partial charge in [0, 0.05) is 23.9 Å². The molecule has 1 aliphatic heterocycles. The van der Waals surface area contributed by atoms with Gasteiger partial charge in [0.1, 0.15) is 0 Å². The monoisotopic (exact) mass is 342 g/mol.